The fourth-order valence-electron chi connectivity index (χ4n) is 2.05. The number of carboxylic acids is 2. The molecule has 1 heterocycles. The highest BCUT2D eigenvalue weighted by molar-refractivity contribution is 9.10. The maximum absolute atomic E-state index is 12.1. The maximum Gasteiger partial charge on any atom is 0.341 e. The predicted octanol–water partition coefficient (Wildman–Crippen LogP) is 1.86. The van der Waals surface area contributed by atoms with Crippen molar-refractivity contribution in [3.63, 3.8) is 0 Å². The summed E-state index contributed by atoms with van der Waals surface area (Å²) in [5.74, 6) is -2.51. The fourth-order valence-corrected chi connectivity index (χ4v) is 2.85. The van der Waals surface area contributed by atoms with Crippen LogP contribution in [0.2, 0.25) is 0 Å². The van der Waals surface area contributed by atoms with E-state index in [0.29, 0.717) is 9.99 Å². The number of benzene rings is 1. The fraction of sp³-hybridized carbons (Fsp3) is 0.154. The number of rotatable bonds is 3. The van der Waals surface area contributed by atoms with Crippen molar-refractivity contribution in [1.82, 2.24) is 4.57 Å². The first-order chi connectivity index (χ1) is 9.31. The highest BCUT2D eigenvalue weighted by atomic mass is 79.9. The minimum Gasteiger partial charge on any atom is -0.480 e. The lowest BCUT2D eigenvalue weighted by atomic mass is 10.1. The van der Waals surface area contributed by atoms with Crippen molar-refractivity contribution in [2.75, 3.05) is 0 Å². The highest BCUT2D eigenvalue weighted by Gasteiger charge is 2.17. The molecule has 0 radical (unpaired) electrons. The van der Waals surface area contributed by atoms with E-state index < -0.39 is 29.5 Å². The minimum atomic E-state index is -1.38. The zero-order valence-electron chi connectivity index (χ0n) is 10.4. The molecule has 2 N–H and O–H groups in total. The molecule has 0 aliphatic heterocycles. The van der Waals surface area contributed by atoms with Crippen molar-refractivity contribution in [3.05, 3.63) is 44.2 Å². The van der Waals surface area contributed by atoms with Gasteiger partial charge >= 0.3 is 11.9 Å². The molecule has 0 aliphatic rings. The number of aromatic nitrogens is 1. The Balaban J connectivity index is 2.96. The Morgan fingerprint density at radius 3 is 2.50 bits per heavy atom. The Morgan fingerprint density at radius 1 is 1.30 bits per heavy atom. The molecule has 2 rings (SSSR count). The molecule has 0 bridgehead atoms. The van der Waals surface area contributed by atoms with Crippen LogP contribution in [0.25, 0.3) is 10.9 Å². The lowest BCUT2D eigenvalue weighted by Gasteiger charge is -2.12. The van der Waals surface area contributed by atoms with Crippen molar-refractivity contribution in [3.8, 4) is 0 Å². The summed E-state index contributed by atoms with van der Waals surface area (Å²) in [4.78, 5) is 34.1. The number of carbonyl (C=O) groups is 2. The van der Waals surface area contributed by atoms with Crippen LogP contribution in [0.5, 0.6) is 0 Å². The van der Waals surface area contributed by atoms with Crippen LogP contribution in [-0.2, 0) is 11.3 Å². The van der Waals surface area contributed by atoms with E-state index in [1.807, 2.05) is 0 Å². The van der Waals surface area contributed by atoms with E-state index in [9.17, 15) is 14.4 Å². The zero-order valence-corrected chi connectivity index (χ0v) is 12.0. The number of halogens is 1. The molecule has 1 aromatic heterocycles. The minimum absolute atomic E-state index is 0.179. The average Bonchev–Trinajstić information content (AvgIpc) is 2.31. The molecule has 0 atom stereocenters. The molecule has 0 aliphatic carbocycles. The standard InChI is InChI=1S/C13H10BrNO5/c1-6-2-7-11(9(14)3-6)15(5-10(16)17)4-8(12(7)18)13(19)20/h2-4H,5H2,1H3,(H,16,17)(H,19,20). The van der Waals surface area contributed by atoms with Gasteiger partial charge < -0.3 is 14.8 Å². The summed E-state index contributed by atoms with van der Waals surface area (Å²) in [5.41, 5.74) is 0.0636. The number of hydrogen-bond acceptors (Lipinski definition) is 3. The molecule has 0 unspecified atom stereocenters. The van der Waals surface area contributed by atoms with Crippen molar-refractivity contribution in [2.45, 2.75) is 13.5 Å². The monoisotopic (exact) mass is 339 g/mol. The summed E-state index contributed by atoms with van der Waals surface area (Å²) in [6.07, 6.45) is 1.06. The van der Waals surface area contributed by atoms with Crippen LogP contribution in [-0.4, -0.2) is 26.7 Å². The number of pyridine rings is 1. The summed E-state index contributed by atoms with van der Waals surface area (Å²) >= 11 is 3.28. The molecular weight excluding hydrogens is 330 g/mol. The summed E-state index contributed by atoms with van der Waals surface area (Å²) in [6, 6.07) is 3.29. The Kier molecular flexibility index (Phi) is 3.63. The van der Waals surface area contributed by atoms with E-state index in [1.165, 1.54) is 4.57 Å². The molecule has 104 valence electrons. The number of aryl methyl sites for hydroxylation is 1. The van der Waals surface area contributed by atoms with Crippen LogP contribution in [0.3, 0.4) is 0 Å². The van der Waals surface area contributed by atoms with Crippen molar-refractivity contribution >= 4 is 38.8 Å². The van der Waals surface area contributed by atoms with Gasteiger partial charge in [0.1, 0.15) is 12.1 Å². The van der Waals surface area contributed by atoms with E-state index in [2.05, 4.69) is 15.9 Å². The molecule has 0 saturated heterocycles. The van der Waals surface area contributed by atoms with Gasteiger partial charge in [-0.3, -0.25) is 9.59 Å². The lowest BCUT2D eigenvalue weighted by Crippen LogP contribution is -2.21. The Labute approximate surface area is 121 Å². The molecular formula is C13H10BrNO5. The van der Waals surface area contributed by atoms with Gasteiger partial charge in [-0.25, -0.2) is 4.79 Å². The molecule has 0 fully saturated rings. The quantitative estimate of drug-likeness (QED) is 0.889. The van der Waals surface area contributed by atoms with Crippen molar-refractivity contribution < 1.29 is 19.8 Å². The van der Waals surface area contributed by atoms with Gasteiger partial charge in [-0.15, -0.1) is 0 Å². The molecule has 2 aromatic rings. The highest BCUT2D eigenvalue weighted by Crippen LogP contribution is 2.24. The second-order valence-electron chi connectivity index (χ2n) is 4.34. The zero-order chi connectivity index (χ0) is 15.0. The smallest absolute Gasteiger partial charge is 0.341 e. The molecule has 6 nitrogen and oxygen atoms in total. The number of hydrogen-bond donors (Lipinski definition) is 2. The van der Waals surface area contributed by atoms with Gasteiger partial charge in [0.2, 0.25) is 5.43 Å². The second kappa shape index (κ2) is 5.09. The van der Waals surface area contributed by atoms with E-state index in [1.54, 1.807) is 19.1 Å². The Bertz CT molecular complexity index is 793. The van der Waals surface area contributed by atoms with Gasteiger partial charge in [0.25, 0.3) is 0 Å². The van der Waals surface area contributed by atoms with Gasteiger partial charge in [0.15, 0.2) is 0 Å². The van der Waals surface area contributed by atoms with Crippen LogP contribution in [0, 0.1) is 6.92 Å². The third-order valence-corrected chi connectivity index (χ3v) is 3.41. The van der Waals surface area contributed by atoms with Gasteiger partial charge in [-0.1, -0.05) is 0 Å². The van der Waals surface area contributed by atoms with Crippen LogP contribution in [0.1, 0.15) is 15.9 Å². The first-order valence-corrected chi connectivity index (χ1v) is 6.39. The van der Waals surface area contributed by atoms with Crippen molar-refractivity contribution in [1.29, 1.82) is 0 Å². The second-order valence-corrected chi connectivity index (χ2v) is 5.20. The molecule has 0 amide bonds. The van der Waals surface area contributed by atoms with Gasteiger partial charge in [0.05, 0.1) is 5.52 Å². The van der Waals surface area contributed by atoms with Crippen LogP contribution < -0.4 is 5.43 Å². The average molecular weight is 340 g/mol. The predicted molar refractivity (Wildman–Crippen MR) is 75.2 cm³/mol. The van der Waals surface area contributed by atoms with E-state index in [0.717, 1.165) is 11.8 Å². The number of aromatic carboxylic acids is 1. The van der Waals surface area contributed by atoms with Crippen LogP contribution in [0.15, 0.2) is 27.6 Å². The Morgan fingerprint density at radius 2 is 1.95 bits per heavy atom. The van der Waals surface area contributed by atoms with E-state index >= 15 is 0 Å². The number of carboxylic acid groups (broad SMARTS) is 2. The van der Waals surface area contributed by atoms with Gasteiger partial charge in [-0.2, -0.15) is 0 Å². The normalized spacial score (nSPS) is 10.7. The molecule has 1 aromatic carbocycles. The third-order valence-electron chi connectivity index (χ3n) is 2.81. The number of nitrogens with zero attached hydrogens (tertiary/aromatic N) is 1. The molecule has 0 spiro atoms. The van der Waals surface area contributed by atoms with Gasteiger partial charge in [0, 0.05) is 16.1 Å². The summed E-state index contributed by atoms with van der Waals surface area (Å²) in [5, 5.41) is 18.1. The van der Waals surface area contributed by atoms with Gasteiger partial charge in [-0.05, 0) is 40.5 Å². The van der Waals surface area contributed by atoms with Crippen molar-refractivity contribution in [2.24, 2.45) is 0 Å². The summed E-state index contributed by atoms with van der Waals surface area (Å²) in [6.45, 7) is 1.33. The lowest BCUT2D eigenvalue weighted by molar-refractivity contribution is -0.137. The van der Waals surface area contributed by atoms with E-state index in [4.69, 9.17) is 10.2 Å². The third kappa shape index (κ3) is 2.44. The van der Waals surface area contributed by atoms with E-state index in [-0.39, 0.29) is 5.39 Å². The summed E-state index contributed by atoms with van der Waals surface area (Å²) in [7, 11) is 0. The largest absolute Gasteiger partial charge is 0.480 e. The maximum atomic E-state index is 12.1. The number of fused-ring (bicyclic) bond motifs is 1. The topological polar surface area (TPSA) is 96.6 Å². The van der Waals surface area contributed by atoms with Crippen LogP contribution in [0.4, 0.5) is 0 Å². The summed E-state index contributed by atoms with van der Waals surface area (Å²) < 4.78 is 1.79. The first-order valence-electron chi connectivity index (χ1n) is 5.59. The molecule has 20 heavy (non-hydrogen) atoms. The Hall–Kier alpha value is -2.15. The number of aliphatic carboxylic acids is 1. The SMILES string of the molecule is Cc1cc(Br)c2c(c1)c(=O)c(C(=O)O)cn2CC(=O)O. The molecule has 0 saturated carbocycles. The van der Waals surface area contributed by atoms with Crippen LogP contribution >= 0.6 is 15.9 Å². The first kappa shape index (κ1) is 14.3. The molecule has 7 heteroatoms.